The van der Waals surface area contributed by atoms with E-state index in [9.17, 15) is 24.3 Å². The maximum atomic E-state index is 12.8. The first kappa shape index (κ1) is 23.7. The minimum Gasteiger partial charge on any atom is -0.543 e. The van der Waals surface area contributed by atoms with Crippen LogP contribution in [-0.4, -0.2) is 59.3 Å². The second-order valence-corrected chi connectivity index (χ2v) is 8.03. The van der Waals surface area contributed by atoms with Crippen molar-refractivity contribution in [3.8, 4) is 0 Å². The van der Waals surface area contributed by atoms with Crippen LogP contribution in [0.1, 0.15) is 4.88 Å². The Balaban J connectivity index is 0.00000300. The van der Waals surface area contributed by atoms with Crippen LogP contribution in [0.25, 0.3) is 0 Å². The van der Waals surface area contributed by atoms with E-state index in [1.807, 2.05) is 5.38 Å². The van der Waals surface area contributed by atoms with Crippen molar-refractivity contribution in [1.29, 1.82) is 0 Å². The predicted octanol–water partition coefficient (Wildman–Crippen LogP) is -4.23. The molecular weight excluding hydrogens is 433 g/mol. The molecule has 0 spiro atoms. The summed E-state index contributed by atoms with van der Waals surface area (Å²) >= 11 is 2.57. The molecule has 10 nitrogen and oxygen atoms in total. The number of nitrogens with two attached hydrogens (primary N) is 1. The summed E-state index contributed by atoms with van der Waals surface area (Å²) in [6.45, 7) is -0.382. The zero-order valence-corrected chi connectivity index (χ0v) is 19.3. The minimum absolute atomic E-state index is 0. The number of β-lactam (4-membered cyclic amide) rings is 1. The largest absolute Gasteiger partial charge is 1.00 e. The van der Waals surface area contributed by atoms with Gasteiger partial charge in [-0.15, -0.1) is 23.1 Å². The second-order valence-electron chi connectivity index (χ2n) is 5.93. The number of thioether (sulfide) groups is 1. The van der Waals surface area contributed by atoms with Gasteiger partial charge < -0.3 is 30.4 Å². The number of hydrogen-bond donors (Lipinski definition) is 2. The minimum atomic E-state index is -1.68. The fraction of sp³-hybridized carbons (Fsp3) is 0.375. The zero-order chi connectivity index (χ0) is 20.5. The SMILES string of the molecule is COC1(NC(=O)Cc2cccs2)C(=O)N2C(C(=O)[O-])=C(COC(N)=O)CS[C@@H]21.[Na+]. The molecule has 1 fully saturated rings. The molecular formula is C16H16N3NaO7S2. The van der Waals surface area contributed by atoms with Gasteiger partial charge in [-0.1, -0.05) is 6.07 Å². The summed E-state index contributed by atoms with van der Waals surface area (Å²) in [5.74, 6) is -2.66. The van der Waals surface area contributed by atoms with Gasteiger partial charge in [0.1, 0.15) is 12.0 Å². The smallest absolute Gasteiger partial charge is 0.543 e. The first-order valence-corrected chi connectivity index (χ1v) is 9.92. The Morgan fingerprint density at radius 1 is 1.45 bits per heavy atom. The molecule has 29 heavy (non-hydrogen) atoms. The average molecular weight is 449 g/mol. The molecule has 0 aliphatic carbocycles. The number of carbonyl (C=O) groups excluding carboxylic acids is 4. The molecule has 3 rings (SSSR count). The van der Waals surface area contributed by atoms with Crippen LogP contribution >= 0.6 is 23.1 Å². The number of hydrogen-bond acceptors (Lipinski definition) is 9. The van der Waals surface area contributed by atoms with Crippen LogP contribution in [-0.2, 0) is 30.3 Å². The summed E-state index contributed by atoms with van der Waals surface area (Å²) in [6.07, 6.45) is -1.01. The topological polar surface area (TPSA) is 151 Å². The maximum Gasteiger partial charge on any atom is 1.00 e. The first-order chi connectivity index (χ1) is 13.3. The number of thiophene rings is 1. The van der Waals surface area contributed by atoms with E-state index in [0.29, 0.717) is 0 Å². The van der Waals surface area contributed by atoms with Gasteiger partial charge in [-0.3, -0.25) is 14.5 Å². The van der Waals surface area contributed by atoms with Crippen LogP contribution in [0, 0.1) is 0 Å². The Kier molecular flexibility index (Phi) is 7.76. The molecule has 0 saturated carbocycles. The number of fused-ring (bicyclic) bond motifs is 1. The third-order valence-corrected chi connectivity index (χ3v) is 6.50. The van der Waals surface area contributed by atoms with Crippen molar-refractivity contribution in [2.75, 3.05) is 19.5 Å². The summed E-state index contributed by atoms with van der Waals surface area (Å²) in [7, 11) is 1.26. The summed E-state index contributed by atoms with van der Waals surface area (Å²) in [4.78, 5) is 49.4. The van der Waals surface area contributed by atoms with Crippen molar-refractivity contribution in [2.24, 2.45) is 5.73 Å². The van der Waals surface area contributed by atoms with Gasteiger partial charge in [-0.2, -0.15) is 0 Å². The van der Waals surface area contributed by atoms with Gasteiger partial charge in [-0.25, -0.2) is 4.79 Å². The molecule has 1 aromatic heterocycles. The molecule has 1 saturated heterocycles. The zero-order valence-electron chi connectivity index (χ0n) is 15.6. The van der Waals surface area contributed by atoms with Crippen molar-refractivity contribution in [1.82, 2.24) is 10.2 Å². The van der Waals surface area contributed by atoms with Crippen molar-refractivity contribution >= 4 is 47.0 Å². The number of primary amides is 1. The van der Waals surface area contributed by atoms with E-state index in [-0.39, 0.29) is 53.9 Å². The predicted molar refractivity (Wildman–Crippen MR) is 96.6 cm³/mol. The Morgan fingerprint density at radius 2 is 2.17 bits per heavy atom. The number of carboxylic acids is 1. The fourth-order valence-corrected chi connectivity index (χ4v) is 5.15. The van der Waals surface area contributed by atoms with E-state index >= 15 is 0 Å². The van der Waals surface area contributed by atoms with Gasteiger partial charge in [0, 0.05) is 23.3 Å². The van der Waals surface area contributed by atoms with E-state index in [1.165, 1.54) is 30.2 Å². The van der Waals surface area contributed by atoms with Gasteiger partial charge in [0.2, 0.25) is 5.91 Å². The van der Waals surface area contributed by atoms with Crippen molar-refractivity contribution in [3.63, 3.8) is 0 Å². The summed E-state index contributed by atoms with van der Waals surface area (Å²) in [5.41, 5.74) is 2.99. The van der Waals surface area contributed by atoms with E-state index in [2.05, 4.69) is 10.1 Å². The maximum absolute atomic E-state index is 12.8. The Bertz CT molecular complexity index is 861. The fourth-order valence-electron chi connectivity index (χ4n) is 3.02. The van der Waals surface area contributed by atoms with Gasteiger partial charge in [0.25, 0.3) is 11.6 Å². The molecule has 3 amide bonds. The Morgan fingerprint density at radius 3 is 2.72 bits per heavy atom. The second kappa shape index (κ2) is 9.49. The van der Waals surface area contributed by atoms with Crippen LogP contribution in [0.5, 0.6) is 0 Å². The molecule has 0 aromatic carbocycles. The summed E-state index contributed by atoms with van der Waals surface area (Å²) in [6, 6.07) is 3.59. The standard InChI is InChI=1S/C16H17N3O7S2.Na/c1-25-16(18-10(20)5-9-3-2-4-27-9)13(23)19-11(12(21)22)8(6-26-15(17)24)7-28-14(16)19;/h2-4,14H,5-7H2,1H3,(H2,17,24)(H,18,20)(H,21,22);/q;+1/p-1/t14-,16?;/m1./s1. The normalized spacial score (nSPS) is 22.9. The van der Waals surface area contributed by atoms with Gasteiger partial charge in [0.05, 0.1) is 18.1 Å². The van der Waals surface area contributed by atoms with E-state index in [4.69, 9.17) is 10.5 Å². The van der Waals surface area contributed by atoms with Crippen molar-refractivity contribution in [3.05, 3.63) is 33.7 Å². The number of nitrogens with one attached hydrogen (secondary N) is 1. The molecule has 0 bridgehead atoms. The molecule has 0 radical (unpaired) electrons. The molecule has 2 atom stereocenters. The van der Waals surface area contributed by atoms with Crippen LogP contribution < -0.4 is 45.7 Å². The van der Waals surface area contributed by atoms with Crippen LogP contribution in [0.2, 0.25) is 0 Å². The molecule has 2 aliphatic rings. The molecule has 13 heteroatoms. The number of aliphatic carboxylic acids is 1. The third kappa shape index (κ3) is 4.47. The Labute approximate surface area is 196 Å². The van der Waals surface area contributed by atoms with Gasteiger partial charge in [0.15, 0.2) is 0 Å². The van der Waals surface area contributed by atoms with E-state index < -0.39 is 40.7 Å². The van der Waals surface area contributed by atoms with Crippen molar-refractivity contribution in [2.45, 2.75) is 17.5 Å². The molecule has 150 valence electrons. The molecule has 3 N–H and O–H groups in total. The number of nitrogens with zero attached hydrogens (tertiary/aromatic N) is 1. The number of rotatable bonds is 7. The summed E-state index contributed by atoms with van der Waals surface area (Å²) < 4.78 is 9.97. The molecule has 1 aromatic rings. The average Bonchev–Trinajstić information content (AvgIpc) is 3.15. The van der Waals surface area contributed by atoms with Gasteiger partial charge in [-0.05, 0) is 11.4 Å². The number of ether oxygens (including phenoxy) is 2. The number of carbonyl (C=O) groups is 4. The van der Waals surface area contributed by atoms with E-state index in [0.717, 1.165) is 9.78 Å². The molecule has 2 aliphatic heterocycles. The number of amides is 3. The van der Waals surface area contributed by atoms with Crippen LogP contribution in [0.4, 0.5) is 4.79 Å². The van der Waals surface area contributed by atoms with Gasteiger partial charge >= 0.3 is 35.7 Å². The quantitative estimate of drug-likeness (QED) is 0.241. The van der Waals surface area contributed by atoms with Crippen LogP contribution in [0.15, 0.2) is 28.8 Å². The van der Waals surface area contributed by atoms with Crippen LogP contribution in [0.3, 0.4) is 0 Å². The van der Waals surface area contributed by atoms with Crippen molar-refractivity contribution < 1.29 is 63.3 Å². The van der Waals surface area contributed by atoms with E-state index in [1.54, 1.807) is 12.1 Å². The third-order valence-electron chi connectivity index (χ3n) is 4.25. The summed E-state index contributed by atoms with van der Waals surface area (Å²) in [5, 5.41) is 15.2. The molecule has 3 heterocycles. The molecule has 1 unspecified atom stereocenters. The monoisotopic (exact) mass is 449 g/mol. The Hall–Kier alpha value is -1.57. The first-order valence-electron chi connectivity index (χ1n) is 7.99. The number of carboxylic acid groups (broad SMARTS) is 1. The number of methoxy groups -OCH3 is 1.